The lowest BCUT2D eigenvalue weighted by Gasteiger charge is -2.34. The van der Waals surface area contributed by atoms with Crippen molar-refractivity contribution in [2.24, 2.45) is 0 Å². The normalized spacial score (nSPS) is 24.6. The number of imide groups is 2. The molecule has 9 heteroatoms. The lowest BCUT2D eigenvalue weighted by atomic mass is 10.0. The number of esters is 1. The van der Waals surface area contributed by atoms with Gasteiger partial charge in [0, 0.05) is 6.42 Å². The number of hydrogen-bond acceptors (Lipinski definition) is 7. The van der Waals surface area contributed by atoms with E-state index in [0.717, 1.165) is 22.8 Å². The number of ether oxygens (including phenoxy) is 1. The zero-order valence-corrected chi connectivity index (χ0v) is 16.7. The fourth-order valence-electron chi connectivity index (χ4n) is 4.38. The van der Waals surface area contributed by atoms with E-state index < -0.39 is 42.4 Å². The van der Waals surface area contributed by atoms with Gasteiger partial charge in [-0.2, -0.15) is 0 Å². The van der Waals surface area contributed by atoms with Crippen LogP contribution >= 0.6 is 0 Å². The lowest BCUT2D eigenvalue weighted by Crippen LogP contribution is -2.56. The van der Waals surface area contributed by atoms with E-state index in [1.54, 1.807) is 12.1 Å². The molecule has 4 rings (SSSR count). The predicted octanol–water partition coefficient (Wildman–Crippen LogP) is 0.785. The minimum atomic E-state index is -1.09. The molecule has 2 atom stereocenters. The Morgan fingerprint density at radius 2 is 1.73 bits per heavy atom. The van der Waals surface area contributed by atoms with Crippen LogP contribution in [0.1, 0.15) is 53.3 Å². The topological polar surface area (TPSA) is 104 Å². The molecule has 9 nitrogen and oxygen atoms in total. The lowest BCUT2D eigenvalue weighted by molar-refractivity contribution is -0.166. The number of carbonyl (C=O) groups excluding carboxylic acids is 5. The maximum absolute atomic E-state index is 13.0. The minimum absolute atomic E-state index is 0.0219. The van der Waals surface area contributed by atoms with Crippen LogP contribution < -0.4 is 0 Å². The van der Waals surface area contributed by atoms with Gasteiger partial charge in [-0.1, -0.05) is 19.1 Å². The molecule has 3 heterocycles. The number of piperidine rings is 1. The molecule has 0 radical (unpaired) electrons. The first kappa shape index (κ1) is 20.2. The van der Waals surface area contributed by atoms with Crippen molar-refractivity contribution in [3.63, 3.8) is 0 Å². The van der Waals surface area contributed by atoms with Crippen LogP contribution in [0, 0.1) is 0 Å². The summed E-state index contributed by atoms with van der Waals surface area (Å²) in [5, 5.41) is 0. The van der Waals surface area contributed by atoms with E-state index in [2.05, 4.69) is 0 Å². The van der Waals surface area contributed by atoms with E-state index in [1.807, 2.05) is 11.8 Å². The van der Waals surface area contributed by atoms with Crippen molar-refractivity contribution in [1.29, 1.82) is 0 Å². The molecule has 0 bridgehead atoms. The second-order valence-corrected chi connectivity index (χ2v) is 7.62. The number of likely N-dealkylation sites (N-methyl/N-ethyl adjacent to an activating group) is 1. The van der Waals surface area contributed by atoms with Gasteiger partial charge >= 0.3 is 5.97 Å². The van der Waals surface area contributed by atoms with Crippen molar-refractivity contribution in [2.45, 2.75) is 44.7 Å². The molecule has 1 aromatic carbocycles. The second-order valence-electron chi connectivity index (χ2n) is 7.62. The quantitative estimate of drug-likeness (QED) is 0.519. The molecule has 4 amide bonds. The number of nitrogens with zero attached hydrogens (tertiary/aromatic N) is 3. The van der Waals surface area contributed by atoms with Crippen LogP contribution in [0.5, 0.6) is 0 Å². The van der Waals surface area contributed by atoms with Crippen LogP contribution in [0.25, 0.3) is 0 Å². The number of carbonyl (C=O) groups is 5. The van der Waals surface area contributed by atoms with Crippen molar-refractivity contribution >= 4 is 29.6 Å². The molecule has 2 saturated heterocycles. The highest BCUT2D eigenvalue weighted by Crippen LogP contribution is 2.29. The highest BCUT2D eigenvalue weighted by molar-refractivity contribution is 6.23. The maximum Gasteiger partial charge on any atom is 0.325 e. The standard InChI is InChI=1S/C21H23N3O6/c1-2-22-11-5-8-16(22)21(29)30-12-23-17(25)10-9-15(20(23)28)24-18(26)13-6-3-4-7-14(13)19(24)27/h3-4,6-7,15-16H,2,5,8-12H2,1H3/t15?,16-/m0/s1. The van der Waals surface area contributed by atoms with Crippen molar-refractivity contribution in [3.8, 4) is 0 Å². The maximum atomic E-state index is 13.0. The van der Waals surface area contributed by atoms with Crippen LogP contribution in [-0.4, -0.2) is 76.2 Å². The number of amides is 4. The van der Waals surface area contributed by atoms with Gasteiger partial charge < -0.3 is 4.74 Å². The Labute approximate surface area is 173 Å². The van der Waals surface area contributed by atoms with Crippen molar-refractivity contribution in [3.05, 3.63) is 35.4 Å². The van der Waals surface area contributed by atoms with E-state index >= 15 is 0 Å². The predicted molar refractivity (Wildman–Crippen MR) is 103 cm³/mol. The van der Waals surface area contributed by atoms with E-state index in [0.29, 0.717) is 13.0 Å². The first-order valence-electron chi connectivity index (χ1n) is 10.2. The third-order valence-corrected chi connectivity index (χ3v) is 6.00. The Morgan fingerprint density at radius 3 is 2.37 bits per heavy atom. The summed E-state index contributed by atoms with van der Waals surface area (Å²) in [4.78, 5) is 66.9. The average Bonchev–Trinajstić information content (AvgIpc) is 3.32. The summed E-state index contributed by atoms with van der Waals surface area (Å²) in [6.45, 7) is 2.96. The molecule has 1 unspecified atom stereocenters. The summed E-state index contributed by atoms with van der Waals surface area (Å²) in [5.41, 5.74) is 0.483. The summed E-state index contributed by atoms with van der Waals surface area (Å²) in [6.07, 6.45) is 1.59. The van der Waals surface area contributed by atoms with Crippen LogP contribution in [0.4, 0.5) is 0 Å². The first-order valence-corrected chi connectivity index (χ1v) is 10.2. The monoisotopic (exact) mass is 413 g/mol. The molecule has 0 spiro atoms. The van der Waals surface area contributed by atoms with Crippen LogP contribution in [0.3, 0.4) is 0 Å². The largest absolute Gasteiger partial charge is 0.443 e. The van der Waals surface area contributed by atoms with E-state index in [-0.39, 0.29) is 30.0 Å². The molecule has 0 aliphatic carbocycles. The van der Waals surface area contributed by atoms with Gasteiger partial charge in [0.2, 0.25) is 5.91 Å². The van der Waals surface area contributed by atoms with Crippen molar-refractivity contribution < 1.29 is 28.7 Å². The molecular formula is C21H23N3O6. The molecule has 30 heavy (non-hydrogen) atoms. The van der Waals surface area contributed by atoms with Gasteiger partial charge in [0.1, 0.15) is 12.1 Å². The molecule has 3 aliphatic heterocycles. The first-order chi connectivity index (χ1) is 14.4. The summed E-state index contributed by atoms with van der Waals surface area (Å²) in [5.74, 6) is -2.76. The van der Waals surface area contributed by atoms with E-state index in [9.17, 15) is 24.0 Å². The van der Waals surface area contributed by atoms with Gasteiger partial charge in [0.15, 0.2) is 6.73 Å². The highest BCUT2D eigenvalue weighted by Gasteiger charge is 2.47. The zero-order valence-electron chi connectivity index (χ0n) is 16.7. The van der Waals surface area contributed by atoms with Gasteiger partial charge in [-0.25, -0.2) is 4.90 Å². The van der Waals surface area contributed by atoms with Crippen molar-refractivity contribution in [2.75, 3.05) is 19.8 Å². The van der Waals surface area contributed by atoms with E-state index in [1.165, 1.54) is 12.1 Å². The third kappa shape index (κ3) is 3.28. The Kier molecular flexibility index (Phi) is 5.38. The van der Waals surface area contributed by atoms with Crippen molar-refractivity contribution in [1.82, 2.24) is 14.7 Å². The zero-order chi connectivity index (χ0) is 21.4. The van der Waals surface area contributed by atoms with Crippen LogP contribution in [0.15, 0.2) is 24.3 Å². The number of rotatable bonds is 5. The molecular weight excluding hydrogens is 390 g/mol. The minimum Gasteiger partial charge on any atom is -0.443 e. The van der Waals surface area contributed by atoms with Gasteiger partial charge in [-0.3, -0.25) is 33.8 Å². The molecule has 0 N–H and O–H groups in total. The summed E-state index contributed by atoms with van der Waals surface area (Å²) in [7, 11) is 0. The van der Waals surface area contributed by atoms with Gasteiger partial charge in [-0.15, -0.1) is 0 Å². The fraction of sp³-hybridized carbons (Fsp3) is 0.476. The fourth-order valence-corrected chi connectivity index (χ4v) is 4.38. The Bertz CT molecular complexity index is 894. The van der Waals surface area contributed by atoms with Gasteiger partial charge in [-0.05, 0) is 44.5 Å². The summed E-state index contributed by atoms with van der Waals surface area (Å²) < 4.78 is 5.28. The SMILES string of the molecule is CCN1CCC[C@H]1C(=O)OCN1C(=O)CCC(N2C(=O)c3ccccc3C2=O)C1=O. The Hall–Kier alpha value is -3.07. The molecule has 0 aromatic heterocycles. The number of benzene rings is 1. The molecule has 0 saturated carbocycles. The molecule has 2 fully saturated rings. The number of fused-ring (bicyclic) bond motifs is 1. The van der Waals surface area contributed by atoms with Crippen LogP contribution in [0.2, 0.25) is 0 Å². The number of hydrogen-bond donors (Lipinski definition) is 0. The molecule has 1 aromatic rings. The Morgan fingerprint density at radius 1 is 1.07 bits per heavy atom. The Balaban J connectivity index is 1.46. The second kappa shape index (κ2) is 7.98. The van der Waals surface area contributed by atoms with E-state index in [4.69, 9.17) is 4.74 Å². The molecule has 3 aliphatic rings. The van der Waals surface area contributed by atoms with Gasteiger partial charge in [0.05, 0.1) is 11.1 Å². The summed E-state index contributed by atoms with van der Waals surface area (Å²) in [6, 6.07) is 4.90. The smallest absolute Gasteiger partial charge is 0.325 e. The average molecular weight is 413 g/mol. The highest BCUT2D eigenvalue weighted by atomic mass is 16.5. The summed E-state index contributed by atoms with van der Waals surface area (Å²) >= 11 is 0. The van der Waals surface area contributed by atoms with Gasteiger partial charge in [0.25, 0.3) is 17.7 Å². The number of likely N-dealkylation sites (tertiary alicyclic amines) is 2. The molecule has 158 valence electrons. The van der Waals surface area contributed by atoms with Crippen LogP contribution in [-0.2, 0) is 19.1 Å². The third-order valence-electron chi connectivity index (χ3n) is 6.00.